The van der Waals surface area contributed by atoms with Gasteiger partial charge in [0.15, 0.2) is 25.0 Å². The SMILES string of the molecule is CC(CCC(=O)O)[C@H]1CCC2C3CC[C@@H]4CCCC[C@]4(C)C3CC(O)[C@@]21C.O=C(O)CN(CCN(CCN(CC(=O)O)CC(=O)O)C(CCCCN=COC1CN(C(=O)O)CC1OC=NCCCCC(C(=O)O)N(CCN(CC(=O)O)CC(=O)O)CCN(CC(=O)O)CC(=O)O)C(=O)O)CC(=O)O. The molecule has 1 aliphatic heterocycles. The lowest BCUT2D eigenvalue weighted by Crippen LogP contribution is -2.58. The minimum atomic E-state index is -1.34. The van der Waals surface area contributed by atoms with E-state index >= 15 is 0 Å². The van der Waals surface area contributed by atoms with Crippen molar-refractivity contribution in [2.75, 3.05) is 131 Å². The molecule has 1 saturated heterocycles. The monoisotopic (exact) mass is 1470 g/mol. The highest BCUT2D eigenvalue weighted by Gasteiger charge is 2.63. The van der Waals surface area contributed by atoms with Gasteiger partial charge in [-0.1, -0.05) is 33.6 Å². The van der Waals surface area contributed by atoms with Gasteiger partial charge in [-0.15, -0.1) is 0 Å². The Labute approximate surface area is 597 Å². The van der Waals surface area contributed by atoms with E-state index in [1.165, 1.54) is 61.2 Å². The Hall–Kier alpha value is -7.90. The van der Waals surface area contributed by atoms with E-state index in [1.54, 1.807) is 0 Å². The smallest absolute Gasteiger partial charge is 0.407 e. The second-order valence-electron chi connectivity index (χ2n) is 28.4. The first-order valence-corrected chi connectivity index (χ1v) is 35.3. The molecule has 5 fully saturated rings. The van der Waals surface area contributed by atoms with E-state index in [1.807, 2.05) is 0 Å². The van der Waals surface area contributed by atoms with Gasteiger partial charge in [-0.3, -0.25) is 92.1 Å². The van der Waals surface area contributed by atoms with Crippen LogP contribution in [0.15, 0.2) is 9.98 Å². The van der Waals surface area contributed by atoms with E-state index in [-0.39, 0.29) is 122 Å². The van der Waals surface area contributed by atoms with Crippen LogP contribution in [0.5, 0.6) is 0 Å². The number of hydrogen-bond donors (Lipinski definition) is 13. The molecule has 0 bridgehead atoms. The Morgan fingerprint density at radius 3 is 1.21 bits per heavy atom. The van der Waals surface area contributed by atoms with Crippen molar-refractivity contribution < 1.29 is 133 Å². The fourth-order valence-corrected chi connectivity index (χ4v) is 16.6. The summed E-state index contributed by atoms with van der Waals surface area (Å²) in [6.45, 7) is 0.154. The maximum absolute atomic E-state index is 12.5. The highest BCUT2D eigenvalue weighted by molar-refractivity contribution is 5.76. The van der Waals surface area contributed by atoms with Gasteiger partial charge >= 0.3 is 71.8 Å². The molecule has 13 N–H and O–H groups in total. The minimum absolute atomic E-state index is 0.00303. The number of unbranched alkanes of at least 4 members (excludes halogenated alkanes) is 2. The number of aliphatic hydroxyl groups excluding tert-OH is 1. The number of rotatable bonds is 50. The van der Waals surface area contributed by atoms with Crippen LogP contribution < -0.4 is 0 Å². The molecule has 13 atom stereocenters. The van der Waals surface area contributed by atoms with Crippen molar-refractivity contribution in [3.05, 3.63) is 0 Å². The number of nitrogens with zero attached hydrogens (tertiary/aromatic N) is 9. The van der Waals surface area contributed by atoms with Crippen LogP contribution in [0.2, 0.25) is 0 Å². The molecule has 0 aromatic rings. The first kappa shape index (κ1) is 87.5. The topological polar surface area (TPSA) is 534 Å². The number of fused-ring (bicyclic) bond motifs is 5. The van der Waals surface area contributed by atoms with E-state index in [9.17, 15) is 119 Å². The summed E-state index contributed by atoms with van der Waals surface area (Å²) >= 11 is 0. The molecule has 0 aromatic heterocycles. The molecule has 1 amide bonds. The van der Waals surface area contributed by atoms with Crippen LogP contribution in [0.4, 0.5) is 4.79 Å². The Kier molecular flexibility index (Phi) is 36.9. The van der Waals surface area contributed by atoms with Crippen molar-refractivity contribution in [3.63, 3.8) is 0 Å². The summed E-state index contributed by atoms with van der Waals surface area (Å²) < 4.78 is 11.4. The number of likely N-dealkylation sites (tertiary alicyclic amines) is 1. The largest absolute Gasteiger partial charge is 0.481 e. The van der Waals surface area contributed by atoms with Crippen LogP contribution in [-0.2, 0) is 62.2 Å². The quantitative estimate of drug-likeness (QED) is 0.0235. The lowest BCUT2D eigenvalue weighted by Gasteiger charge is -2.62. The highest BCUT2D eigenvalue weighted by atomic mass is 16.5. The van der Waals surface area contributed by atoms with E-state index in [4.69, 9.17) is 14.6 Å². The van der Waals surface area contributed by atoms with Gasteiger partial charge in [0, 0.05) is 71.9 Å². The zero-order valence-electron chi connectivity index (χ0n) is 59.2. The number of hydrogen-bond acceptors (Lipinski definition) is 23. The molecule has 0 radical (unpaired) electrons. The number of aliphatic hydroxyl groups is 1. The van der Waals surface area contributed by atoms with Gasteiger partial charge in [-0.05, 0) is 136 Å². The second-order valence-corrected chi connectivity index (χ2v) is 28.4. The molecule has 4 aliphatic carbocycles. The van der Waals surface area contributed by atoms with Crippen molar-refractivity contribution in [1.82, 2.24) is 34.3 Å². The third-order valence-corrected chi connectivity index (χ3v) is 21.5. The van der Waals surface area contributed by atoms with Gasteiger partial charge in [-0.25, -0.2) is 4.79 Å². The number of amides is 1. The van der Waals surface area contributed by atoms with Crippen molar-refractivity contribution in [2.24, 2.45) is 56.3 Å². The zero-order chi connectivity index (χ0) is 76.7. The van der Waals surface area contributed by atoms with Crippen LogP contribution in [0.25, 0.3) is 0 Å². The van der Waals surface area contributed by atoms with Crippen LogP contribution in [0, 0.1) is 46.3 Å². The maximum Gasteiger partial charge on any atom is 0.407 e. The predicted octanol–water partition coefficient (Wildman–Crippen LogP) is 2.05. The number of aliphatic imine (C=N–C) groups is 2. The van der Waals surface area contributed by atoms with E-state index in [0.717, 1.165) is 62.0 Å². The Bertz CT molecular complexity index is 2620. The average molecular weight is 1470 g/mol. The summed E-state index contributed by atoms with van der Waals surface area (Å²) in [6.07, 6.45) is 12.8. The van der Waals surface area contributed by atoms with Gasteiger partial charge in [-0.2, -0.15) is 0 Å². The molecule has 36 heteroatoms. The van der Waals surface area contributed by atoms with Crippen molar-refractivity contribution in [2.45, 2.75) is 160 Å². The summed E-state index contributed by atoms with van der Waals surface area (Å²) in [6, 6.07) is -2.50. The molecule has 4 saturated carbocycles. The van der Waals surface area contributed by atoms with Gasteiger partial charge in [0.25, 0.3) is 0 Å². The molecule has 9 unspecified atom stereocenters. The summed E-state index contributed by atoms with van der Waals surface area (Å²) in [4.78, 5) is 155. The van der Waals surface area contributed by atoms with Crippen LogP contribution in [0.3, 0.4) is 0 Å². The molecule has 1 heterocycles. The summed E-state index contributed by atoms with van der Waals surface area (Å²) in [5.41, 5.74) is 0.452. The number of carboxylic acid groups (broad SMARTS) is 12. The number of ether oxygens (including phenoxy) is 2. The molecular weight excluding hydrogens is 1360 g/mol. The number of carboxylic acids is 11. The Morgan fingerprint density at radius 2 is 0.864 bits per heavy atom. The lowest BCUT2D eigenvalue weighted by atomic mass is 9.44. The molecule has 584 valence electrons. The second kappa shape index (κ2) is 43.4. The molecule has 0 aromatic carbocycles. The van der Waals surface area contributed by atoms with Crippen molar-refractivity contribution in [1.29, 1.82) is 0 Å². The Balaban J connectivity index is 0.000000680. The molecule has 5 rings (SSSR count). The van der Waals surface area contributed by atoms with Crippen LogP contribution in [-0.4, -0.2) is 347 Å². The van der Waals surface area contributed by atoms with Gasteiger partial charge in [0.05, 0.1) is 71.6 Å². The molecule has 5 aliphatic rings. The highest BCUT2D eigenvalue weighted by Crippen LogP contribution is 2.68. The minimum Gasteiger partial charge on any atom is -0.481 e. The maximum atomic E-state index is 12.5. The fraction of sp³-hybridized carbons (Fsp3) is 0.791. The lowest BCUT2D eigenvalue weighted by molar-refractivity contribution is -0.168. The first-order valence-electron chi connectivity index (χ1n) is 35.3. The molecule has 0 spiro atoms. The Morgan fingerprint density at radius 1 is 0.476 bits per heavy atom. The summed E-state index contributed by atoms with van der Waals surface area (Å²) in [7, 11) is 0. The third kappa shape index (κ3) is 29.3. The van der Waals surface area contributed by atoms with Crippen LogP contribution >= 0.6 is 0 Å². The fourth-order valence-electron chi connectivity index (χ4n) is 16.6. The summed E-state index contributed by atoms with van der Waals surface area (Å²) in [5.74, 6) is -10.1. The molecule has 36 nitrogen and oxygen atoms in total. The van der Waals surface area contributed by atoms with Crippen molar-refractivity contribution in [3.8, 4) is 0 Å². The van der Waals surface area contributed by atoms with E-state index < -0.39 is 148 Å². The van der Waals surface area contributed by atoms with Gasteiger partial charge < -0.3 is 80.8 Å². The van der Waals surface area contributed by atoms with E-state index in [2.05, 4.69) is 30.8 Å². The first-order chi connectivity index (χ1) is 48.5. The predicted molar refractivity (Wildman–Crippen MR) is 364 cm³/mol. The summed E-state index contributed by atoms with van der Waals surface area (Å²) in [5, 5.41) is 124. The van der Waals surface area contributed by atoms with Gasteiger partial charge in [0.1, 0.15) is 12.1 Å². The van der Waals surface area contributed by atoms with E-state index in [0.29, 0.717) is 41.9 Å². The standard InChI is InChI=1S/C43H69N9O24.C24H40O3/c53-33(54)19-46(20-34(55)56)9-13-50(14-10-47(21-35(57)58)22-36(59)60)29(41(69)70)5-1-3-7-44-27-75-31-17-52(43(73)74)18-32(31)76-28-45-8-4-2-6-30(42(71)72)51(15-11-48(23-37(61)62)24-38(63)64)16-12-49(25-39(65)66)26-40(67)68;1-15(7-12-22(26)27)18-10-11-19-17-9-8-16-6-4-5-13-23(16,2)20(17)14-21(25)24(18,19)3/h27-32H,1-26H2,(H,53,54)(H,55,56)(H,57,58)(H,59,60)(H,61,62)(H,63,64)(H,65,66)(H,67,68)(H,69,70)(H,71,72)(H,73,74);15-21,25H,4-14H2,1-3H3,(H,26,27)/t;15?,16-,17?,18+,19?,20?,21?,23-,24+/m.0/s1. The molecule has 103 heavy (non-hydrogen) atoms. The zero-order valence-corrected chi connectivity index (χ0v) is 59.2. The normalized spacial score (nSPS) is 24.7. The third-order valence-electron chi connectivity index (χ3n) is 21.5. The van der Waals surface area contributed by atoms with Crippen molar-refractivity contribution >= 4 is 84.6 Å². The molecular formula is C67H109N9O27. The number of carbonyl (C=O) groups is 12. The average Bonchev–Trinajstić information content (AvgIpc) is 1.66. The number of aliphatic carboxylic acids is 11. The van der Waals surface area contributed by atoms with Gasteiger partial charge in [0.2, 0.25) is 0 Å². The van der Waals surface area contributed by atoms with Crippen LogP contribution in [0.1, 0.15) is 130 Å².